The summed E-state index contributed by atoms with van der Waals surface area (Å²) >= 11 is 1.61. The lowest BCUT2D eigenvalue weighted by molar-refractivity contribution is -0.518. The first kappa shape index (κ1) is 16.3. The van der Waals surface area contributed by atoms with Crippen LogP contribution in [-0.4, -0.2) is 38.2 Å². The van der Waals surface area contributed by atoms with Crippen molar-refractivity contribution < 1.29 is 4.58 Å². The molecule has 116 valence electrons. The van der Waals surface area contributed by atoms with Crippen LogP contribution in [0.3, 0.4) is 0 Å². The lowest BCUT2D eigenvalue weighted by Crippen LogP contribution is -2.37. The van der Waals surface area contributed by atoms with Gasteiger partial charge in [-0.15, -0.1) is 11.3 Å². The first-order valence-corrected chi connectivity index (χ1v) is 8.28. The maximum absolute atomic E-state index is 12.5. The minimum absolute atomic E-state index is 0.102. The molecule has 0 aliphatic rings. The third-order valence-corrected chi connectivity index (χ3v) is 4.30. The summed E-state index contributed by atoms with van der Waals surface area (Å²) in [4.78, 5) is 16.9. The second-order valence-electron chi connectivity index (χ2n) is 4.63. The topological polar surface area (TPSA) is 49.9 Å². The highest BCUT2D eigenvalue weighted by Gasteiger charge is 2.14. The number of hydrogen-bond donors (Lipinski definition) is 1. The van der Waals surface area contributed by atoms with Crippen molar-refractivity contribution in [1.82, 2.24) is 9.66 Å². The predicted octanol–water partition coefficient (Wildman–Crippen LogP) is 2.27. The first-order valence-electron chi connectivity index (χ1n) is 7.30. The Bertz CT molecular complexity index is 745. The number of aromatic nitrogens is 2. The van der Waals surface area contributed by atoms with Gasteiger partial charge in [-0.1, -0.05) is 18.2 Å². The van der Waals surface area contributed by atoms with Gasteiger partial charge < -0.3 is 0 Å². The normalized spacial score (nSPS) is 10.5. The molecule has 5 nitrogen and oxygen atoms in total. The number of rotatable bonds is 5. The van der Waals surface area contributed by atoms with E-state index >= 15 is 0 Å². The number of hydrogen-bond acceptors (Lipinski definition) is 3. The van der Waals surface area contributed by atoms with Crippen molar-refractivity contribution in [3.05, 3.63) is 53.6 Å². The molecule has 0 aliphatic heterocycles. The molecule has 0 atom stereocenters. The third kappa shape index (κ3) is 3.57. The quantitative estimate of drug-likeness (QED) is 0.398. The summed E-state index contributed by atoms with van der Waals surface area (Å²) in [5.74, 6) is 0.772. The molecular weight excluding hydrogens is 296 g/mol. The van der Waals surface area contributed by atoms with Crippen LogP contribution in [0.2, 0.25) is 0 Å². The zero-order valence-electron chi connectivity index (χ0n) is 13.0. The van der Waals surface area contributed by atoms with E-state index in [-0.39, 0.29) is 5.56 Å². The van der Waals surface area contributed by atoms with E-state index in [1.54, 1.807) is 17.8 Å². The van der Waals surface area contributed by atoms with E-state index in [4.69, 9.17) is 0 Å². The van der Waals surface area contributed by atoms with Gasteiger partial charge in [0.15, 0.2) is 0 Å². The first-order chi connectivity index (χ1) is 10.7. The molecule has 1 aromatic carbocycles. The fourth-order valence-corrected chi connectivity index (χ4v) is 2.97. The Labute approximate surface area is 134 Å². The lowest BCUT2D eigenvalue weighted by atomic mass is 10.2. The molecule has 1 N–H and O–H groups in total. The Morgan fingerprint density at radius 3 is 2.82 bits per heavy atom. The van der Waals surface area contributed by atoms with E-state index in [9.17, 15) is 4.79 Å². The summed E-state index contributed by atoms with van der Waals surface area (Å²) < 4.78 is 3.60. The van der Waals surface area contributed by atoms with Crippen molar-refractivity contribution in [1.29, 1.82) is 0 Å². The van der Waals surface area contributed by atoms with Gasteiger partial charge in [0.05, 0.1) is 24.0 Å². The second-order valence-corrected chi connectivity index (χ2v) is 5.63. The molecule has 22 heavy (non-hydrogen) atoms. The summed E-state index contributed by atoms with van der Waals surface area (Å²) in [5.41, 5.74) is 3.78. The fourth-order valence-electron chi connectivity index (χ4n) is 2.09. The maximum Gasteiger partial charge on any atom is 0.330 e. The molecule has 0 saturated heterocycles. The van der Waals surface area contributed by atoms with E-state index in [1.807, 2.05) is 24.3 Å². The van der Waals surface area contributed by atoms with Crippen LogP contribution in [0.25, 0.3) is 10.9 Å². The number of para-hydroxylation sites is 1. The fraction of sp³-hybridized carbons (Fsp3) is 0.312. The van der Waals surface area contributed by atoms with Gasteiger partial charge >= 0.3 is 5.17 Å². The SMILES string of the molecule is C=CCSC(Nn1cnc2ccccc2c1=O)=[N+](CC)CC. The second kappa shape index (κ2) is 7.79. The Kier molecular flexibility index (Phi) is 5.77. The van der Waals surface area contributed by atoms with Crippen LogP contribution < -0.4 is 11.0 Å². The van der Waals surface area contributed by atoms with Gasteiger partial charge in [-0.25, -0.2) is 4.98 Å². The van der Waals surface area contributed by atoms with Gasteiger partial charge in [0, 0.05) is 5.75 Å². The number of nitrogens with one attached hydrogen (secondary N) is 1. The average molecular weight is 317 g/mol. The van der Waals surface area contributed by atoms with Gasteiger partial charge in [-0.05, 0) is 37.7 Å². The Morgan fingerprint density at radius 1 is 1.41 bits per heavy atom. The molecule has 0 bridgehead atoms. The largest absolute Gasteiger partial charge is 0.330 e. The molecule has 0 saturated carbocycles. The van der Waals surface area contributed by atoms with Crippen LogP contribution in [0.5, 0.6) is 0 Å². The van der Waals surface area contributed by atoms with Crippen molar-refractivity contribution in [2.45, 2.75) is 13.8 Å². The number of benzene rings is 1. The van der Waals surface area contributed by atoms with Gasteiger partial charge in [0.2, 0.25) is 0 Å². The van der Waals surface area contributed by atoms with Crippen LogP contribution >= 0.6 is 11.8 Å². The van der Waals surface area contributed by atoms with Crippen molar-refractivity contribution in [3.8, 4) is 0 Å². The monoisotopic (exact) mass is 317 g/mol. The van der Waals surface area contributed by atoms with Crippen molar-refractivity contribution in [2.75, 3.05) is 24.3 Å². The Hall–Kier alpha value is -2.08. The average Bonchev–Trinajstić information content (AvgIpc) is 2.56. The Morgan fingerprint density at radius 2 is 2.14 bits per heavy atom. The molecule has 0 radical (unpaired) electrons. The molecular formula is C16H21N4OS+. The molecule has 6 heteroatoms. The summed E-state index contributed by atoms with van der Waals surface area (Å²) in [6, 6.07) is 7.34. The minimum Gasteiger partial charge on any atom is -0.265 e. The van der Waals surface area contributed by atoms with Gasteiger partial charge in [-0.2, -0.15) is 5.43 Å². The van der Waals surface area contributed by atoms with Crippen LogP contribution in [0, 0.1) is 0 Å². The van der Waals surface area contributed by atoms with Crippen molar-refractivity contribution >= 4 is 27.8 Å². The molecule has 0 amide bonds. The zero-order valence-corrected chi connectivity index (χ0v) is 13.8. The van der Waals surface area contributed by atoms with Gasteiger partial charge in [-0.3, -0.25) is 9.37 Å². The number of fused-ring (bicyclic) bond motifs is 1. The van der Waals surface area contributed by atoms with E-state index in [0.29, 0.717) is 10.9 Å². The molecule has 0 spiro atoms. The highest BCUT2D eigenvalue weighted by Crippen LogP contribution is 2.06. The van der Waals surface area contributed by atoms with Crippen LogP contribution in [0.15, 0.2) is 48.0 Å². The summed E-state index contributed by atoms with van der Waals surface area (Å²) in [7, 11) is 0. The van der Waals surface area contributed by atoms with Crippen LogP contribution in [0.4, 0.5) is 0 Å². The molecule has 2 aromatic rings. The van der Waals surface area contributed by atoms with E-state index in [2.05, 4.69) is 35.4 Å². The van der Waals surface area contributed by atoms with E-state index in [1.165, 1.54) is 11.0 Å². The number of thioether (sulfide) groups is 1. The molecule has 1 aromatic heterocycles. The standard InChI is InChI=1S/C16H20N4OS/c1-4-11-22-16(19(5-2)6-3)18-20-12-17-14-10-8-7-9-13(14)15(20)21/h4,7-10,12H,1,5-6,11H2,2-3H3/p+1. The van der Waals surface area contributed by atoms with Crippen LogP contribution in [0.1, 0.15) is 13.8 Å². The maximum atomic E-state index is 12.5. The number of nitrogens with zero attached hydrogens (tertiary/aromatic N) is 3. The van der Waals surface area contributed by atoms with E-state index < -0.39 is 0 Å². The minimum atomic E-state index is -0.102. The van der Waals surface area contributed by atoms with Crippen LogP contribution in [-0.2, 0) is 0 Å². The van der Waals surface area contributed by atoms with Crippen molar-refractivity contribution in [3.63, 3.8) is 0 Å². The Balaban J connectivity index is 2.42. The number of amidine groups is 1. The van der Waals surface area contributed by atoms with Gasteiger partial charge in [0.1, 0.15) is 6.33 Å². The summed E-state index contributed by atoms with van der Waals surface area (Å²) in [5, 5.41) is 1.52. The highest BCUT2D eigenvalue weighted by molar-refractivity contribution is 8.14. The highest BCUT2D eigenvalue weighted by atomic mass is 32.2. The third-order valence-electron chi connectivity index (χ3n) is 3.27. The summed E-state index contributed by atoms with van der Waals surface area (Å²) in [6.07, 6.45) is 3.37. The van der Waals surface area contributed by atoms with E-state index in [0.717, 1.165) is 24.0 Å². The van der Waals surface area contributed by atoms with Gasteiger partial charge in [0.25, 0.3) is 5.56 Å². The smallest absolute Gasteiger partial charge is 0.265 e. The molecule has 2 rings (SSSR count). The zero-order chi connectivity index (χ0) is 15.9. The predicted molar refractivity (Wildman–Crippen MR) is 94.4 cm³/mol. The molecule has 0 aliphatic carbocycles. The lowest BCUT2D eigenvalue weighted by Gasteiger charge is -2.10. The molecule has 0 fully saturated rings. The molecule has 1 heterocycles. The van der Waals surface area contributed by atoms with Crippen molar-refractivity contribution in [2.24, 2.45) is 0 Å². The molecule has 0 unspecified atom stereocenters. The summed E-state index contributed by atoms with van der Waals surface area (Å²) in [6.45, 7) is 9.64.